The first kappa shape index (κ1) is 15.9. The molecule has 3 fully saturated rings. The first-order chi connectivity index (χ1) is 11.6. The molecule has 1 aromatic rings. The Kier molecular flexibility index (Phi) is 3.81. The van der Waals surface area contributed by atoms with Crippen molar-refractivity contribution in [3.8, 4) is 5.75 Å². The number of benzene rings is 1. The van der Waals surface area contributed by atoms with Crippen molar-refractivity contribution in [1.29, 1.82) is 0 Å². The van der Waals surface area contributed by atoms with E-state index in [-0.39, 0.29) is 18.0 Å². The number of para-hydroxylation sites is 1. The maximum atomic E-state index is 12.7. The fourth-order valence-corrected chi connectivity index (χ4v) is 4.70. The number of nitrogens with zero attached hydrogens (tertiary/aromatic N) is 2. The third kappa shape index (κ3) is 2.18. The van der Waals surface area contributed by atoms with Crippen LogP contribution in [0.15, 0.2) is 24.3 Å². The van der Waals surface area contributed by atoms with E-state index in [9.17, 15) is 4.79 Å². The largest absolute Gasteiger partial charge is 0.496 e. The summed E-state index contributed by atoms with van der Waals surface area (Å²) in [7, 11) is 1.71. The average molecular weight is 330 g/mol. The highest BCUT2D eigenvalue weighted by Crippen LogP contribution is 2.49. The highest BCUT2D eigenvalue weighted by molar-refractivity contribution is 5.82. The number of hydrogen-bond donors (Lipinski definition) is 0. The van der Waals surface area contributed by atoms with Crippen LogP contribution in [0.3, 0.4) is 0 Å². The van der Waals surface area contributed by atoms with Crippen LogP contribution in [0.2, 0.25) is 0 Å². The van der Waals surface area contributed by atoms with Gasteiger partial charge in [0.15, 0.2) is 5.72 Å². The van der Waals surface area contributed by atoms with Crippen LogP contribution in [0.4, 0.5) is 0 Å². The number of carbonyl (C=O) groups is 1. The fourth-order valence-electron chi connectivity index (χ4n) is 4.70. The lowest BCUT2D eigenvalue weighted by molar-refractivity contribution is -0.139. The van der Waals surface area contributed by atoms with Gasteiger partial charge in [-0.05, 0) is 12.0 Å². The summed E-state index contributed by atoms with van der Waals surface area (Å²) in [5, 5.41) is 0. The molecule has 3 heterocycles. The Morgan fingerprint density at radius 3 is 2.92 bits per heavy atom. The number of amides is 1. The Morgan fingerprint density at radius 1 is 1.38 bits per heavy atom. The molecule has 5 nitrogen and oxygen atoms in total. The van der Waals surface area contributed by atoms with Gasteiger partial charge in [-0.3, -0.25) is 9.69 Å². The SMILES string of the molecule is COc1ccccc1CN1CC[C@@]23OC[C@@H](C(C)C)N2C(=O)C[C@@H]13. The summed E-state index contributed by atoms with van der Waals surface area (Å²) in [6.07, 6.45) is 1.47. The Labute approximate surface area is 143 Å². The van der Waals surface area contributed by atoms with E-state index in [2.05, 4.69) is 29.7 Å². The van der Waals surface area contributed by atoms with Crippen molar-refractivity contribution in [2.75, 3.05) is 20.3 Å². The lowest BCUT2D eigenvalue weighted by Gasteiger charge is -2.34. The average Bonchev–Trinajstić information content (AvgIpc) is 3.19. The van der Waals surface area contributed by atoms with E-state index >= 15 is 0 Å². The van der Waals surface area contributed by atoms with Crippen LogP contribution in [-0.4, -0.2) is 53.8 Å². The summed E-state index contributed by atoms with van der Waals surface area (Å²) in [4.78, 5) is 17.2. The van der Waals surface area contributed by atoms with Crippen molar-refractivity contribution in [1.82, 2.24) is 9.80 Å². The molecular formula is C19H26N2O3. The summed E-state index contributed by atoms with van der Waals surface area (Å²) < 4.78 is 11.8. The summed E-state index contributed by atoms with van der Waals surface area (Å²) in [5.41, 5.74) is 0.773. The standard InChI is InChI=1S/C19H26N2O3/c1-13(2)15-12-24-19-8-9-20(17(19)10-18(22)21(15)19)11-14-6-4-5-7-16(14)23-3/h4-7,13,15,17H,8-12H2,1-3H3/t15-,17+,19-/m0/s1. The van der Waals surface area contributed by atoms with E-state index in [0.717, 1.165) is 25.3 Å². The zero-order valence-electron chi connectivity index (χ0n) is 14.7. The van der Waals surface area contributed by atoms with Crippen molar-refractivity contribution in [3.05, 3.63) is 29.8 Å². The molecule has 1 aromatic carbocycles. The van der Waals surface area contributed by atoms with Gasteiger partial charge in [0.05, 0.1) is 25.8 Å². The number of rotatable bonds is 4. The lowest BCUT2D eigenvalue weighted by Crippen LogP contribution is -2.50. The van der Waals surface area contributed by atoms with Gasteiger partial charge in [0.25, 0.3) is 0 Å². The summed E-state index contributed by atoms with van der Waals surface area (Å²) >= 11 is 0. The van der Waals surface area contributed by atoms with E-state index in [1.54, 1.807) is 7.11 Å². The molecule has 3 atom stereocenters. The second-order valence-electron chi connectivity index (χ2n) is 7.48. The zero-order chi connectivity index (χ0) is 16.9. The van der Waals surface area contributed by atoms with Gasteiger partial charge in [-0.1, -0.05) is 32.0 Å². The van der Waals surface area contributed by atoms with Crippen molar-refractivity contribution in [2.24, 2.45) is 5.92 Å². The molecular weight excluding hydrogens is 304 g/mol. The van der Waals surface area contributed by atoms with Crippen LogP contribution < -0.4 is 4.74 Å². The second-order valence-corrected chi connectivity index (χ2v) is 7.48. The van der Waals surface area contributed by atoms with Gasteiger partial charge in [-0.15, -0.1) is 0 Å². The third-order valence-electron chi connectivity index (χ3n) is 5.93. The third-order valence-corrected chi connectivity index (χ3v) is 5.93. The van der Waals surface area contributed by atoms with Crippen LogP contribution in [0.1, 0.15) is 32.3 Å². The van der Waals surface area contributed by atoms with E-state index in [4.69, 9.17) is 9.47 Å². The van der Waals surface area contributed by atoms with Crippen LogP contribution in [0, 0.1) is 5.92 Å². The van der Waals surface area contributed by atoms with Gasteiger partial charge in [0.1, 0.15) is 5.75 Å². The molecule has 0 saturated carbocycles. The van der Waals surface area contributed by atoms with Gasteiger partial charge < -0.3 is 14.4 Å². The van der Waals surface area contributed by atoms with E-state index in [1.807, 2.05) is 18.2 Å². The van der Waals surface area contributed by atoms with E-state index < -0.39 is 5.72 Å². The molecule has 4 rings (SSSR count). The molecule has 0 bridgehead atoms. The topological polar surface area (TPSA) is 42.0 Å². The van der Waals surface area contributed by atoms with E-state index in [1.165, 1.54) is 5.56 Å². The first-order valence-electron chi connectivity index (χ1n) is 8.89. The van der Waals surface area contributed by atoms with Gasteiger partial charge in [0, 0.05) is 31.5 Å². The highest BCUT2D eigenvalue weighted by atomic mass is 16.5. The predicted molar refractivity (Wildman–Crippen MR) is 90.6 cm³/mol. The smallest absolute Gasteiger partial charge is 0.226 e. The van der Waals surface area contributed by atoms with Crippen LogP contribution >= 0.6 is 0 Å². The fraction of sp³-hybridized carbons (Fsp3) is 0.632. The number of hydrogen-bond acceptors (Lipinski definition) is 4. The first-order valence-corrected chi connectivity index (χ1v) is 8.89. The number of ether oxygens (including phenoxy) is 2. The molecule has 1 amide bonds. The summed E-state index contributed by atoms with van der Waals surface area (Å²) in [6, 6.07) is 8.49. The minimum atomic E-state index is -0.395. The lowest BCUT2D eigenvalue weighted by atomic mass is 10.0. The number of methoxy groups -OCH3 is 1. The van der Waals surface area contributed by atoms with E-state index in [0.29, 0.717) is 18.9 Å². The summed E-state index contributed by atoms with van der Waals surface area (Å²) in [5.74, 6) is 1.59. The van der Waals surface area contributed by atoms with Crippen LogP contribution in [-0.2, 0) is 16.1 Å². The maximum absolute atomic E-state index is 12.7. The Hall–Kier alpha value is -1.59. The van der Waals surface area contributed by atoms with Gasteiger partial charge >= 0.3 is 0 Å². The Bertz CT molecular complexity index is 647. The molecule has 0 aromatic heterocycles. The molecule has 5 heteroatoms. The summed E-state index contributed by atoms with van der Waals surface area (Å²) in [6.45, 7) is 6.78. The molecule has 0 N–H and O–H groups in total. The number of carbonyl (C=O) groups excluding carboxylic acids is 1. The maximum Gasteiger partial charge on any atom is 0.226 e. The van der Waals surface area contributed by atoms with Crippen molar-refractivity contribution in [3.63, 3.8) is 0 Å². The minimum Gasteiger partial charge on any atom is -0.496 e. The molecule has 3 aliphatic rings. The van der Waals surface area contributed by atoms with Crippen molar-refractivity contribution >= 4 is 5.91 Å². The molecule has 24 heavy (non-hydrogen) atoms. The Balaban J connectivity index is 1.59. The van der Waals surface area contributed by atoms with Crippen LogP contribution in [0.5, 0.6) is 5.75 Å². The normalized spacial score (nSPS) is 32.5. The number of likely N-dealkylation sites (tertiary alicyclic amines) is 1. The van der Waals surface area contributed by atoms with Gasteiger partial charge in [-0.25, -0.2) is 0 Å². The molecule has 3 saturated heterocycles. The van der Waals surface area contributed by atoms with Crippen LogP contribution in [0.25, 0.3) is 0 Å². The van der Waals surface area contributed by atoms with Crippen molar-refractivity contribution in [2.45, 2.75) is 51.0 Å². The quantitative estimate of drug-likeness (QED) is 0.849. The zero-order valence-corrected chi connectivity index (χ0v) is 14.7. The predicted octanol–water partition coefficient (Wildman–Crippen LogP) is 2.25. The monoisotopic (exact) mass is 330 g/mol. The molecule has 0 unspecified atom stereocenters. The molecule has 0 radical (unpaired) electrons. The van der Waals surface area contributed by atoms with Gasteiger partial charge in [-0.2, -0.15) is 0 Å². The Morgan fingerprint density at radius 2 is 2.17 bits per heavy atom. The molecule has 130 valence electrons. The molecule has 1 spiro atoms. The molecule has 0 aliphatic carbocycles. The van der Waals surface area contributed by atoms with Gasteiger partial charge in [0.2, 0.25) is 5.91 Å². The van der Waals surface area contributed by atoms with Crippen molar-refractivity contribution < 1.29 is 14.3 Å². The second kappa shape index (κ2) is 5.74. The minimum absolute atomic E-state index is 0.152. The highest BCUT2D eigenvalue weighted by Gasteiger charge is 2.64. The molecule has 3 aliphatic heterocycles.